The van der Waals surface area contributed by atoms with Crippen LogP contribution in [0.25, 0.3) is 5.69 Å². The quantitative estimate of drug-likeness (QED) is 0.772. The summed E-state index contributed by atoms with van der Waals surface area (Å²) in [5.41, 5.74) is 10.5. The first-order valence-corrected chi connectivity index (χ1v) is 12.3. The number of primary amides is 1. The molecule has 1 aromatic carbocycles. The lowest BCUT2D eigenvalue weighted by atomic mass is 9.75. The number of ketones is 1. The van der Waals surface area contributed by atoms with Crippen LogP contribution in [0.1, 0.15) is 78.1 Å². The van der Waals surface area contributed by atoms with E-state index in [0.29, 0.717) is 18.0 Å². The van der Waals surface area contributed by atoms with E-state index in [4.69, 9.17) is 10.8 Å². The molecule has 5 rings (SSSR count). The molecule has 7 nitrogen and oxygen atoms in total. The molecule has 0 saturated carbocycles. The highest BCUT2D eigenvalue weighted by Gasteiger charge is 2.36. The minimum Gasteiger partial charge on any atom is -0.371 e. The van der Waals surface area contributed by atoms with E-state index in [2.05, 4.69) is 23.6 Å². The van der Waals surface area contributed by atoms with Gasteiger partial charge in [0, 0.05) is 25.6 Å². The Bertz CT molecular complexity index is 1090. The summed E-state index contributed by atoms with van der Waals surface area (Å²) in [6.45, 7) is 10.4. The number of anilines is 1. The molecule has 2 N–H and O–H groups in total. The first-order valence-electron chi connectivity index (χ1n) is 12.3. The second kappa shape index (κ2) is 8.28. The number of carbonyl (C=O) groups is 2. The van der Waals surface area contributed by atoms with Crippen molar-refractivity contribution in [2.24, 2.45) is 11.1 Å². The highest BCUT2D eigenvalue weighted by atomic mass is 16.1. The van der Waals surface area contributed by atoms with Crippen molar-refractivity contribution in [1.29, 1.82) is 0 Å². The van der Waals surface area contributed by atoms with Gasteiger partial charge >= 0.3 is 0 Å². The number of hydrogen-bond acceptors (Lipinski definition) is 5. The van der Waals surface area contributed by atoms with Gasteiger partial charge in [0.05, 0.1) is 33.9 Å². The van der Waals surface area contributed by atoms with Gasteiger partial charge in [0.1, 0.15) is 0 Å². The number of carbonyl (C=O) groups excluding carboxylic acids is 2. The molecule has 176 valence electrons. The Morgan fingerprint density at radius 2 is 1.79 bits per heavy atom. The predicted molar refractivity (Wildman–Crippen MR) is 129 cm³/mol. The fourth-order valence-electron chi connectivity index (χ4n) is 6.05. The fraction of sp³-hybridized carbons (Fsp3) is 0.577. The van der Waals surface area contributed by atoms with Crippen molar-refractivity contribution in [1.82, 2.24) is 14.7 Å². The summed E-state index contributed by atoms with van der Waals surface area (Å²) in [6.07, 6.45) is 6.15. The fourth-order valence-corrected chi connectivity index (χ4v) is 6.05. The van der Waals surface area contributed by atoms with Crippen molar-refractivity contribution in [3.8, 4) is 5.69 Å². The second-order valence-electron chi connectivity index (χ2n) is 10.8. The summed E-state index contributed by atoms with van der Waals surface area (Å²) in [6, 6.07) is 6.39. The molecule has 3 aliphatic rings. The Balaban J connectivity index is 1.48. The van der Waals surface area contributed by atoms with Gasteiger partial charge in [0.15, 0.2) is 5.78 Å². The summed E-state index contributed by atoms with van der Waals surface area (Å²) in [5.74, 6) is -0.240. The van der Waals surface area contributed by atoms with E-state index < -0.39 is 5.91 Å². The average molecular weight is 450 g/mol. The molecule has 0 radical (unpaired) electrons. The minimum atomic E-state index is -0.409. The Kier molecular flexibility index (Phi) is 5.55. The monoisotopic (exact) mass is 449 g/mol. The number of nitrogens with two attached hydrogens (primary N) is 1. The van der Waals surface area contributed by atoms with E-state index >= 15 is 0 Å². The van der Waals surface area contributed by atoms with Gasteiger partial charge in [0.2, 0.25) is 0 Å². The number of aromatic nitrogens is 2. The topological polar surface area (TPSA) is 84.5 Å². The lowest BCUT2D eigenvalue weighted by Crippen LogP contribution is -2.44. The zero-order valence-corrected chi connectivity index (χ0v) is 20.1. The van der Waals surface area contributed by atoms with Crippen molar-refractivity contribution in [3.05, 3.63) is 40.7 Å². The smallest absolute Gasteiger partial charge is 0.250 e. The van der Waals surface area contributed by atoms with Gasteiger partial charge in [-0.3, -0.25) is 9.59 Å². The van der Waals surface area contributed by atoms with E-state index in [-0.39, 0.29) is 11.2 Å². The number of rotatable bonds is 4. The summed E-state index contributed by atoms with van der Waals surface area (Å²) >= 11 is 0. The summed E-state index contributed by atoms with van der Waals surface area (Å²) in [7, 11) is 0. The van der Waals surface area contributed by atoms with Gasteiger partial charge in [-0.05, 0) is 75.7 Å². The van der Waals surface area contributed by atoms with Crippen LogP contribution in [-0.2, 0) is 6.42 Å². The second-order valence-corrected chi connectivity index (χ2v) is 10.8. The molecular weight excluding hydrogens is 414 g/mol. The van der Waals surface area contributed by atoms with Crippen molar-refractivity contribution >= 4 is 17.4 Å². The zero-order valence-electron chi connectivity index (χ0n) is 20.1. The standard InChI is InChI=1S/C26H35N5O2/c1-17-24-22(15-26(2,3)16-23(24)32)31(28-17)19-6-7-20(25(27)33)21(14-19)30-12-8-18(9-13-30)29-10-4-5-11-29/h6-7,14,18H,4-5,8-13,15-16H2,1-3H3,(H2,27,33). The third kappa shape index (κ3) is 4.07. The molecule has 2 fully saturated rings. The number of fused-ring (bicyclic) bond motifs is 1. The normalized spacial score (nSPS) is 21.4. The Labute approximate surface area is 195 Å². The number of amides is 1. The highest BCUT2D eigenvalue weighted by molar-refractivity contribution is 6.00. The molecule has 3 heterocycles. The van der Waals surface area contributed by atoms with E-state index in [1.807, 2.05) is 29.8 Å². The lowest BCUT2D eigenvalue weighted by Gasteiger charge is -2.38. The van der Waals surface area contributed by atoms with Crippen LogP contribution < -0.4 is 10.6 Å². The molecule has 2 aromatic rings. The molecular formula is C26H35N5O2. The van der Waals surface area contributed by atoms with Gasteiger partial charge in [0.25, 0.3) is 5.91 Å². The molecule has 1 aromatic heterocycles. The first kappa shape index (κ1) is 22.1. The lowest BCUT2D eigenvalue weighted by molar-refractivity contribution is 0.0909. The third-order valence-corrected chi connectivity index (χ3v) is 7.67. The molecule has 1 amide bonds. The summed E-state index contributed by atoms with van der Waals surface area (Å²) < 4.78 is 1.91. The third-order valence-electron chi connectivity index (χ3n) is 7.67. The van der Waals surface area contributed by atoms with Crippen LogP contribution in [0.3, 0.4) is 0 Å². The van der Waals surface area contributed by atoms with Gasteiger partial charge in [-0.15, -0.1) is 0 Å². The van der Waals surface area contributed by atoms with Crippen molar-refractivity contribution in [2.75, 3.05) is 31.1 Å². The first-order chi connectivity index (χ1) is 15.7. The zero-order chi connectivity index (χ0) is 23.3. The molecule has 2 saturated heterocycles. The van der Waals surface area contributed by atoms with Crippen LogP contribution in [-0.4, -0.2) is 58.6 Å². The predicted octanol–water partition coefficient (Wildman–Crippen LogP) is 3.50. The van der Waals surface area contributed by atoms with Crippen molar-refractivity contribution in [3.63, 3.8) is 0 Å². The van der Waals surface area contributed by atoms with Crippen molar-refractivity contribution in [2.45, 2.75) is 65.3 Å². The van der Waals surface area contributed by atoms with Crippen LogP contribution in [0.4, 0.5) is 5.69 Å². The van der Waals surface area contributed by atoms with Gasteiger partial charge < -0.3 is 15.5 Å². The molecule has 7 heteroatoms. The summed E-state index contributed by atoms with van der Waals surface area (Å²) in [5, 5.41) is 4.76. The molecule has 0 atom stereocenters. The highest BCUT2D eigenvalue weighted by Crippen LogP contribution is 2.38. The molecule has 1 aliphatic carbocycles. The molecule has 0 unspecified atom stereocenters. The van der Waals surface area contributed by atoms with Crippen LogP contribution in [0.15, 0.2) is 18.2 Å². The summed E-state index contributed by atoms with van der Waals surface area (Å²) in [4.78, 5) is 30.0. The molecule has 0 bridgehead atoms. The largest absolute Gasteiger partial charge is 0.371 e. The number of likely N-dealkylation sites (tertiary alicyclic amines) is 1. The van der Waals surface area contributed by atoms with Crippen LogP contribution in [0.5, 0.6) is 0 Å². The minimum absolute atomic E-state index is 0.0955. The maximum Gasteiger partial charge on any atom is 0.250 e. The molecule has 0 spiro atoms. The maximum absolute atomic E-state index is 12.8. The number of benzene rings is 1. The Morgan fingerprint density at radius 3 is 2.45 bits per heavy atom. The van der Waals surface area contributed by atoms with Gasteiger partial charge in [-0.1, -0.05) is 13.8 Å². The Morgan fingerprint density at radius 1 is 1.09 bits per heavy atom. The van der Waals surface area contributed by atoms with Crippen LogP contribution in [0.2, 0.25) is 0 Å². The van der Waals surface area contributed by atoms with Crippen LogP contribution in [0, 0.1) is 12.3 Å². The van der Waals surface area contributed by atoms with E-state index in [9.17, 15) is 9.59 Å². The number of aryl methyl sites for hydroxylation is 1. The number of piperidine rings is 1. The van der Waals surface area contributed by atoms with E-state index in [1.165, 1.54) is 25.9 Å². The SMILES string of the molecule is Cc1nn(-c2ccc(C(N)=O)c(N3CCC(N4CCCC4)CC3)c2)c2c1C(=O)CC(C)(C)C2. The van der Waals surface area contributed by atoms with Gasteiger partial charge in [-0.25, -0.2) is 4.68 Å². The van der Waals surface area contributed by atoms with E-state index in [0.717, 1.165) is 60.7 Å². The molecule has 2 aliphatic heterocycles. The maximum atomic E-state index is 12.8. The average Bonchev–Trinajstić information content (AvgIpc) is 3.41. The van der Waals surface area contributed by atoms with Crippen molar-refractivity contribution < 1.29 is 9.59 Å². The number of hydrogen-bond donors (Lipinski definition) is 1. The number of nitrogens with zero attached hydrogens (tertiary/aromatic N) is 4. The number of Topliss-reactive ketones (excluding diaryl/α,β-unsaturated/α-hetero) is 1. The molecule has 33 heavy (non-hydrogen) atoms. The van der Waals surface area contributed by atoms with E-state index in [1.54, 1.807) is 0 Å². The Hall–Kier alpha value is -2.67. The van der Waals surface area contributed by atoms with Gasteiger partial charge in [-0.2, -0.15) is 5.10 Å². The van der Waals surface area contributed by atoms with Crippen LogP contribution >= 0.6 is 0 Å².